The van der Waals surface area contributed by atoms with Crippen LogP contribution in [0.3, 0.4) is 0 Å². The molecular weight excluding hydrogens is 516 g/mol. The summed E-state index contributed by atoms with van der Waals surface area (Å²) in [4.78, 5) is 17.7. The van der Waals surface area contributed by atoms with E-state index in [9.17, 15) is 8.78 Å². The number of nitrogens with zero attached hydrogens (tertiary/aromatic N) is 6. The average molecular weight is 556 g/mol. The van der Waals surface area contributed by atoms with Crippen molar-refractivity contribution in [3.8, 4) is 5.75 Å². The molecule has 0 unspecified atom stereocenters. The van der Waals surface area contributed by atoms with Crippen LogP contribution >= 0.6 is 0 Å². The van der Waals surface area contributed by atoms with Gasteiger partial charge in [0.2, 0.25) is 5.95 Å². The van der Waals surface area contributed by atoms with E-state index in [2.05, 4.69) is 45.8 Å². The van der Waals surface area contributed by atoms with E-state index in [1.807, 2.05) is 4.90 Å². The van der Waals surface area contributed by atoms with Gasteiger partial charge in [-0.2, -0.15) is 4.98 Å². The Balaban J connectivity index is 1.05. The SMILES string of the molecule is CC(C)c1noc(N2CCC([C@H](C)CCOc3cnc(N4CC[C@H](c5cc(F)ccc5F)[C@@H](N)C4)nc3)CC2)n1. The summed E-state index contributed by atoms with van der Waals surface area (Å²) in [5.41, 5.74) is 6.70. The number of benzene rings is 1. The highest BCUT2D eigenvalue weighted by Gasteiger charge is 2.31. The van der Waals surface area contributed by atoms with Crippen LogP contribution in [0.15, 0.2) is 35.1 Å². The molecule has 11 heteroatoms. The molecule has 2 aromatic heterocycles. The maximum Gasteiger partial charge on any atom is 0.324 e. The lowest BCUT2D eigenvalue weighted by molar-refractivity contribution is 0.219. The van der Waals surface area contributed by atoms with Crippen LogP contribution in [0.2, 0.25) is 0 Å². The van der Waals surface area contributed by atoms with Crippen LogP contribution in [-0.4, -0.2) is 58.9 Å². The van der Waals surface area contributed by atoms with Crippen molar-refractivity contribution in [3.05, 3.63) is 53.6 Å². The monoisotopic (exact) mass is 555 g/mol. The first kappa shape index (κ1) is 28.2. The highest BCUT2D eigenvalue weighted by atomic mass is 19.1. The first-order valence-electron chi connectivity index (χ1n) is 14.3. The zero-order valence-electron chi connectivity index (χ0n) is 23.5. The van der Waals surface area contributed by atoms with Gasteiger partial charge < -0.3 is 24.8 Å². The van der Waals surface area contributed by atoms with Crippen LogP contribution in [0.4, 0.5) is 20.7 Å². The number of anilines is 2. The smallest absolute Gasteiger partial charge is 0.324 e. The number of ether oxygens (including phenoxy) is 1. The van der Waals surface area contributed by atoms with Crippen LogP contribution in [0.25, 0.3) is 0 Å². The van der Waals surface area contributed by atoms with Crippen molar-refractivity contribution in [1.82, 2.24) is 20.1 Å². The second-order valence-electron chi connectivity index (χ2n) is 11.4. The highest BCUT2D eigenvalue weighted by molar-refractivity contribution is 5.35. The van der Waals surface area contributed by atoms with E-state index in [1.165, 1.54) is 6.07 Å². The Morgan fingerprint density at radius 2 is 1.77 bits per heavy atom. The van der Waals surface area contributed by atoms with Gasteiger partial charge in [-0.25, -0.2) is 18.7 Å². The first-order chi connectivity index (χ1) is 19.3. The van der Waals surface area contributed by atoms with E-state index >= 15 is 0 Å². The van der Waals surface area contributed by atoms with Crippen LogP contribution in [-0.2, 0) is 0 Å². The normalized spacial score (nSPS) is 21.2. The molecule has 2 aliphatic heterocycles. The van der Waals surface area contributed by atoms with Crippen LogP contribution in [0, 0.1) is 23.5 Å². The largest absolute Gasteiger partial charge is 0.490 e. The Hall–Kier alpha value is -3.34. The van der Waals surface area contributed by atoms with Crippen molar-refractivity contribution < 1.29 is 18.0 Å². The lowest BCUT2D eigenvalue weighted by Crippen LogP contribution is -2.48. The molecule has 3 atom stereocenters. The molecule has 0 aliphatic carbocycles. The zero-order valence-corrected chi connectivity index (χ0v) is 23.5. The lowest BCUT2D eigenvalue weighted by atomic mass is 9.84. The third-order valence-corrected chi connectivity index (χ3v) is 8.32. The quantitative estimate of drug-likeness (QED) is 0.394. The average Bonchev–Trinajstić information content (AvgIpc) is 3.46. The van der Waals surface area contributed by atoms with Crippen LogP contribution in [0.5, 0.6) is 5.75 Å². The van der Waals surface area contributed by atoms with Gasteiger partial charge in [-0.3, -0.25) is 0 Å². The first-order valence-corrected chi connectivity index (χ1v) is 14.3. The van der Waals surface area contributed by atoms with E-state index in [0.717, 1.165) is 50.3 Å². The molecule has 40 heavy (non-hydrogen) atoms. The molecule has 2 fully saturated rings. The molecule has 0 saturated carbocycles. The van der Waals surface area contributed by atoms with Crippen molar-refractivity contribution in [3.63, 3.8) is 0 Å². The maximum absolute atomic E-state index is 14.3. The van der Waals surface area contributed by atoms with Gasteiger partial charge in [-0.15, -0.1) is 0 Å². The number of hydrogen-bond donors (Lipinski definition) is 1. The molecule has 0 spiro atoms. The minimum Gasteiger partial charge on any atom is -0.490 e. The summed E-state index contributed by atoms with van der Waals surface area (Å²) in [6.07, 6.45) is 7.08. The molecule has 2 N–H and O–H groups in total. The second kappa shape index (κ2) is 12.4. The van der Waals surface area contributed by atoms with E-state index in [1.54, 1.807) is 12.4 Å². The summed E-state index contributed by atoms with van der Waals surface area (Å²) in [5.74, 6) is 2.23. The van der Waals surface area contributed by atoms with Gasteiger partial charge >= 0.3 is 6.01 Å². The summed E-state index contributed by atoms with van der Waals surface area (Å²) < 4.78 is 39.4. The zero-order chi connectivity index (χ0) is 28.2. The van der Waals surface area contributed by atoms with Crippen LogP contribution in [0.1, 0.15) is 69.7 Å². The van der Waals surface area contributed by atoms with Crippen molar-refractivity contribution in [2.75, 3.05) is 42.6 Å². The molecule has 1 aromatic carbocycles. The van der Waals surface area contributed by atoms with Crippen molar-refractivity contribution in [2.45, 2.75) is 64.3 Å². The number of aromatic nitrogens is 4. The van der Waals surface area contributed by atoms with E-state index < -0.39 is 11.6 Å². The van der Waals surface area contributed by atoms with Gasteiger partial charge in [0.25, 0.3) is 0 Å². The standard InChI is InChI=1S/C29H39F2N7O2/c1-18(2)27-35-29(40-36-27)37-10-6-20(7-11-37)19(3)9-13-39-22-15-33-28(34-16-22)38-12-8-23(26(32)17-38)24-14-21(30)4-5-25(24)31/h4-5,14-16,18-20,23,26H,6-13,17,32H2,1-3H3/t19-,23-,26+/m1/s1. The van der Waals surface area contributed by atoms with Gasteiger partial charge in [0, 0.05) is 44.1 Å². The van der Waals surface area contributed by atoms with E-state index in [4.69, 9.17) is 15.0 Å². The number of halogens is 2. The van der Waals surface area contributed by atoms with Crippen molar-refractivity contribution >= 4 is 12.0 Å². The molecule has 0 bridgehead atoms. The van der Waals surface area contributed by atoms with E-state index in [-0.39, 0.29) is 17.9 Å². The minimum atomic E-state index is -0.453. The molecule has 2 aliphatic rings. The summed E-state index contributed by atoms with van der Waals surface area (Å²) in [6.45, 7) is 9.92. The molecule has 0 amide bonds. The van der Waals surface area contributed by atoms with Crippen LogP contribution < -0.4 is 20.3 Å². The summed E-state index contributed by atoms with van der Waals surface area (Å²) in [5, 5.41) is 4.08. The Bertz CT molecular complexity index is 1250. The lowest BCUT2D eigenvalue weighted by Gasteiger charge is -2.37. The number of nitrogens with two attached hydrogens (primary N) is 1. The van der Waals surface area contributed by atoms with E-state index in [0.29, 0.717) is 61.2 Å². The molecule has 216 valence electrons. The summed E-state index contributed by atoms with van der Waals surface area (Å²) in [6, 6.07) is 3.81. The number of piperidine rings is 2. The van der Waals surface area contributed by atoms with Gasteiger partial charge in [-0.05, 0) is 61.3 Å². The Kier molecular flexibility index (Phi) is 8.78. The molecule has 5 rings (SSSR count). The Morgan fingerprint density at radius 1 is 1.05 bits per heavy atom. The predicted octanol–water partition coefficient (Wildman–Crippen LogP) is 4.90. The predicted molar refractivity (Wildman–Crippen MR) is 149 cm³/mol. The fourth-order valence-corrected chi connectivity index (χ4v) is 5.74. The highest BCUT2D eigenvalue weighted by Crippen LogP contribution is 2.32. The molecule has 4 heterocycles. The van der Waals surface area contributed by atoms with Crippen molar-refractivity contribution in [1.29, 1.82) is 0 Å². The van der Waals surface area contributed by atoms with Gasteiger partial charge in [-0.1, -0.05) is 25.9 Å². The third kappa shape index (κ3) is 6.51. The third-order valence-electron chi connectivity index (χ3n) is 8.32. The second-order valence-corrected chi connectivity index (χ2v) is 11.4. The molecular formula is C29H39F2N7O2. The van der Waals surface area contributed by atoms with Gasteiger partial charge in [0.05, 0.1) is 19.0 Å². The fourth-order valence-electron chi connectivity index (χ4n) is 5.74. The molecule has 9 nitrogen and oxygen atoms in total. The summed E-state index contributed by atoms with van der Waals surface area (Å²) in [7, 11) is 0. The maximum atomic E-state index is 14.3. The minimum absolute atomic E-state index is 0.250. The molecule has 0 radical (unpaired) electrons. The summed E-state index contributed by atoms with van der Waals surface area (Å²) >= 11 is 0. The number of hydrogen-bond acceptors (Lipinski definition) is 9. The molecule has 2 saturated heterocycles. The number of rotatable bonds is 9. The Labute approximate surface area is 234 Å². The fraction of sp³-hybridized carbons (Fsp3) is 0.586. The topological polar surface area (TPSA) is 106 Å². The Morgan fingerprint density at radius 3 is 2.45 bits per heavy atom. The van der Waals surface area contributed by atoms with Crippen molar-refractivity contribution in [2.24, 2.45) is 17.6 Å². The van der Waals surface area contributed by atoms with Gasteiger partial charge in [0.15, 0.2) is 11.6 Å². The molecule has 3 aromatic rings. The van der Waals surface area contributed by atoms with Gasteiger partial charge in [0.1, 0.15) is 11.6 Å².